The molecule has 1 aromatic heterocycles. The monoisotopic (exact) mass is 400 g/mol. The average molecular weight is 401 g/mol. The van der Waals surface area contributed by atoms with Crippen molar-refractivity contribution in [2.75, 3.05) is 0 Å². The first-order valence-electron chi connectivity index (χ1n) is 8.84. The number of rotatable bonds is 11. The van der Waals surface area contributed by atoms with Gasteiger partial charge in [0, 0.05) is 0 Å². The predicted molar refractivity (Wildman–Crippen MR) is 100 cm³/mol. The molecule has 1 amide bonds. The molecular weight excluding hydrogens is 372 g/mol. The van der Waals surface area contributed by atoms with E-state index in [-0.39, 0.29) is 22.9 Å². The van der Waals surface area contributed by atoms with Gasteiger partial charge in [-0.1, -0.05) is 39.5 Å². The van der Waals surface area contributed by atoms with Gasteiger partial charge in [-0.2, -0.15) is 0 Å². The summed E-state index contributed by atoms with van der Waals surface area (Å²) in [5.74, 6) is -1.85. The summed E-state index contributed by atoms with van der Waals surface area (Å²) >= 11 is 0.842. The summed E-state index contributed by atoms with van der Waals surface area (Å²) in [7, 11) is 0. The summed E-state index contributed by atoms with van der Waals surface area (Å²) in [5.41, 5.74) is 5.89. The van der Waals surface area contributed by atoms with Crippen LogP contribution in [0, 0.1) is 11.8 Å². The number of ketones is 1. The van der Waals surface area contributed by atoms with Gasteiger partial charge in [0.15, 0.2) is 0 Å². The van der Waals surface area contributed by atoms with Crippen LogP contribution in [0.5, 0.6) is 0 Å². The van der Waals surface area contributed by atoms with Crippen molar-refractivity contribution < 1.29 is 23.9 Å². The second-order valence-corrected chi connectivity index (χ2v) is 8.55. The third-order valence-electron chi connectivity index (χ3n) is 3.64. The van der Waals surface area contributed by atoms with E-state index in [4.69, 9.17) is 15.3 Å². The molecule has 0 aromatic carbocycles. The van der Waals surface area contributed by atoms with Crippen LogP contribution in [0.15, 0.2) is 9.64 Å². The number of carboxylic acids is 1. The molecule has 0 spiro atoms. The highest BCUT2D eigenvalue weighted by atomic mass is 32.2. The summed E-state index contributed by atoms with van der Waals surface area (Å²) in [4.78, 5) is 35.9. The Hall–Kier alpha value is -1.94. The maximum absolute atomic E-state index is 12.7. The molecule has 0 saturated heterocycles. The number of Topliss-reactive ketones (excluding diaryl/α,β-unsaturated/α-hetero) is 1. The lowest BCUT2D eigenvalue weighted by Gasteiger charge is -2.21. The minimum absolute atomic E-state index is 0.0145. The Kier molecular flexibility index (Phi) is 8.91. The molecule has 0 bridgehead atoms. The minimum atomic E-state index is -1.03. The number of aromatic nitrogens is 2. The highest BCUT2D eigenvalue weighted by Gasteiger charge is 2.30. The topological polar surface area (TPSA) is 148 Å². The number of carboxylic acid groups (broad SMARTS) is 1. The zero-order valence-corrected chi connectivity index (χ0v) is 17.1. The molecule has 1 rings (SSSR count). The van der Waals surface area contributed by atoms with Gasteiger partial charge in [0.05, 0.1) is 12.1 Å². The van der Waals surface area contributed by atoms with Crippen LogP contribution in [-0.4, -0.2) is 50.3 Å². The maximum Gasteiger partial charge on any atom is 0.316 e. The number of nitrogens with two attached hydrogens (primary N) is 1. The summed E-state index contributed by atoms with van der Waals surface area (Å²) in [6, 6.07) is -1.55. The highest BCUT2D eigenvalue weighted by Crippen LogP contribution is 2.22. The lowest BCUT2D eigenvalue weighted by Crippen LogP contribution is -2.49. The van der Waals surface area contributed by atoms with E-state index in [9.17, 15) is 14.4 Å². The van der Waals surface area contributed by atoms with E-state index < -0.39 is 35.0 Å². The summed E-state index contributed by atoms with van der Waals surface area (Å²) in [6.45, 7) is 9.23. The molecule has 0 radical (unpaired) electrons. The zero-order valence-electron chi connectivity index (χ0n) is 16.3. The summed E-state index contributed by atoms with van der Waals surface area (Å²) in [6.07, 6.45) is 0.887. The van der Waals surface area contributed by atoms with E-state index in [1.165, 1.54) is 6.92 Å². The van der Waals surface area contributed by atoms with Crippen molar-refractivity contribution in [3.8, 4) is 0 Å². The Balaban J connectivity index is 2.87. The van der Waals surface area contributed by atoms with Gasteiger partial charge in [0.25, 0.3) is 11.1 Å². The smallest absolute Gasteiger partial charge is 0.316 e. The molecule has 0 fully saturated rings. The maximum atomic E-state index is 12.7. The highest BCUT2D eigenvalue weighted by molar-refractivity contribution is 8.00. The first-order chi connectivity index (χ1) is 12.5. The Labute approximate surface area is 162 Å². The van der Waals surface area contributed by atoms with Crippen LogP contribution in [0.4, 0.5) is 0 Å². The second-order valence-electron chi connectivity index (χ2n) is 7.26. The third kappa shape index (κ3) is 7.67. The number of amides is 1. The molecule has 27 heavy (non-hydrogen) atoms. The quantitative estimate of drug-likeness (QED) is 0.373. The lowest BCUT2D eigenvalue weighted by molar-refractivity contribution is -0.136. The van der Waals surface area contributed by atoms with Crippen LogP contribution >= 0.6 is 11.8 Å². The van der Waals surface area contributed by atoms with E-state index in [0.29, 0.717) is 12.8 Å². The molecule has 0 saturated carbocycles. The average Bonchev–Trinajstić information content (AvgIpc) is 3.00. The number of hydrogen-bond donors (Lipinski definition) is 3. The molecule has 9 nitrogen and oxygen atoms in total. The number of aliphatic carboxylic acids is 1. The number of nitrogens with one attached hydrogen (secondary N) is 1. The molecule has 0 aliphatic rings. The van der Waals surface area contributed by atoms with E-state index in [2.05, 4.69) is 15.5 Å². The fourth-order valence-electron chi connectivity index (χ4n) is 2.30. The van der Waals surface area contributed by atoms with Gasteiger partial charge in [0.1, 0.15) is 5.25 Å². The van der Waals surface area contributed by atoms with Crippen LogP contribution in [-0.2, 0) is 9.59 Å². The van der Waals surface area contributed by atoms with Crippen LogP contribution < -0.4 is 11.1 Å². The fourth-order valence-corrected chi connectivity index (χ4v) is 2.92. The second kappa shape index (κ2) is 10.4. The molecule has 0 aliphatic heterocycles. The van der Waals surface area contributed by atoms with Crippen molar-refractivity contribution in [3.05, 3.63) is 5.89 Å². The molecule has 152 valence electrons. The molecule has 1 heterocycles. The van der Waals surface area contributed by atoms with Gasteiger partial charge < -0.3 is 20.6 Å². The third-order valence-corrected chi connectivity index (χ3v) is 4.57. The Morgan fingerprint density at radius 3 is 2.22 bits per heavy atom. The van der Waals surface area contributed by atoms with E-state index >= 15 is 0 Å². The van der Waals surface area contributed by atoms with Gasteiger partial charge in [-0.3, -0.25) is 14.4 Å². The molecule has 10 heteroatoms. The first-order valence-corrected chi connectivity index (χ1v) is 9.72. The van der Waals surface area contributed by atoms with Gasteiger partial charge >= 0.3 is 5.97 Å². The minimum Gasteiger partial charge on any atom is -0.480 e. The van der Waals surface area contributed by atoms with Crippen molar-refractivity contribution in [3.63, 3.8) is 0 Å². The van der Waals surface area contributed by atoms with Crippen molar-refractivity contribution in [2.24, 2.45) is 17.6 Å². The number of carbonyl (C=O) groups is 3. The van der Waals surface area contributed by atoms with Crippen LogP contribution in [0.1, 0.15) is 58.1 Å². The number of thioether (sulfide) groups is 1. The van der Waals surface area contributed by atoms with Gasteiger partial charge in [-0.25, -0.2) is 0 Å². The van der Waals surface area contributed by atoms with Gasteiger partial charge in [-0.15, -0.1) is 10.2 Å². The van der Waals surface area contributed by atoms with Gasteiger partial charge in [0.2, 0.25) is 11.7 Å². The van der Waals surface area contributed by atoms with Crippen molar-refractivity contribution in [2.45, 2.75) is 70.0 Å². The van der Waals surface area contributed by atoms with Crippen molar-refractivity contribution in [1.82, 2.24) is 15.5 Å². The largest absolute Gasteiger partial charge is 0.480 e. The van der Waals surface area contributed by atoms with E-state index in [0.717, 1.165) is 11.8 Å². The van der Waals surface area contributed by atoms with Crippen LogP contribution in [0.3, 0.4) is 0 Å². The number of nitrogens with zero attached hydrogens (tertiary/aromatic N) is 2. The molecule has 1 aromatic rings. The summed E-state index contributed by atoms with van der Waals surface area (Å²) < 4.78 is 5.28. The first kappa shape index (κ1) is 23.1. The van der Waals surface area contributed by atoms with Gasteiger partial charge in [-0.05, 0) is 31.6 Å². The number of hydrogen-bond acceptors (Lipinski definition) is 8. The van der Waals surface area contributed by atoms with Crippen LogP contribution in [0.2, 0.25) is 0 Å². The molecule has 3 atom stereocenters. The predicted octanol–water partition coefficient (Wildman–Crippen LogP) is 1.72. The fraction of sp³-hybridized carbons (Fsp3) is 0.706. The Bertz CT molecular complexity index is 662. The molecular formula is C17H28N4O5S. The van der Waals surface area contributed by atoms with Crippen LogP contribution in [0.25, 0.3) is 0 Å². The summed E-state index contributed by atoms with van der Waals surface area (Å²) in [5, 5.41) is 18.2. The molecule has 0 aliphatic carbocycles. The Morgan fingerprint density at radius 2 is 1.70 bits per heavy atom. The zero-order chi connectivity index (χ0) is 20.7. The normalized spacial score (nSPS) is 14.8. The van der Waals surface area contributed by atoms with Crippen molar-refractivity contribution >= 4 is 29.4 Å². The number of carbonyl (C=O) groups excluding carboxylic acids is 2. The van der Waals surface area contributed by atoms with E-state index in [1.807, 2.05) is 27.7 Å². The molecule has 4 N–H and O–H groups in total. The standard InChI is InChI=1S/C17H28N4O5S/c1-8(2)6-11(18)14(23)19-12(7-9(3)4)13(22)15-20-21-17(26-15)27-10(5)16(24)25/h8-12H,6-7,18H2,1-5H3,(H,19,23)(H,24,25)/t10?,11-,12-/m0/s1. The SMILES string of the molecule is CC(C)C[C@H](NC(=O)[C@@H](N)CC(C)C)C(=O)c1nnc(SC(C)C(=O)O)o1. The van der Waals surface area contributed by atoms with Crippen molar-refractivity contribution in [1.29, 1.82) is 0 Å². The van der Waals surface area contributed by atoms with E-state index in [1.54, 1.807) is 0 Å². The Morgan fingerprint density at radius 1 is 1.11 bits per heavy atom. The molecule has 1 unspecified atom stereocenters. The lowest BCUT2D eigenvalue weighted by atomic mass is 9.98.